The molecule has 0 atom stereocenters. The van der Waals surface area contributed by atoms with Gasteiger partial charge in [-0.25, -0.2) is 0 Å². The van der Waals surface area contributed by atoms with Crippen molar-refractivity contribution in [3.8, 4) is 5.75 Å². The van der Waals surface area contributed by atoms with Crippen LogP contribution in [0.5, 0.6) is 5.75 Å². The van der Waals surface area contributed by atoms with Crippen LogP contribution in [-0.2, 0) is 0 Å². The van der Waals surface area contributed by atoms with E-state index in [1.54, 1.807) is 37.4 Å². The van der Waals surface area contributed by atoms with Gasteiger partial charge in [0.2, 0.25) is 0 Å². The number of amides is 1. The highest BCUT2D eigenvalue weighted by Gasteiger charge is 2.09. The van der Waals surface area contributed by atoms with Crippen LogP contribution in [0.25, 0.3) is 0 Å². The molecular formula is C16H16N2O2S. The average molecular weight is 300 g/mol. The number of benzene rings is 2. The molecule has 2 aromatic carbocycles. The molecule has 0 fully saturated rings. The van der Waals surface area contributed by atoms with Gasteiger partial charge in [0.1, 0.15) is 10.7 Å². The van der Waals surface area contributed by atoms with E-state index < -0.39 is 0 Å². The van der Waals surface area contributed by atoms with E-state index in [9.17, 15) is 4.79 Å². The number of hydrogen-bond acceptors (Lipinski definition) is 3. The van der Waals surface area contributed by atoms with Crippen LogP contribution in [0.4, 0.5) is 5.69 Å². The number of hydrogen-bond donors (Lipinski definition) is 2. The Bertz CT molecular complexity index is 698. The summed E-state index contributed by atoms with van der Waals surface area (Å²) in [5.41, 5.74) is 8.42. The summed E-state index contributed by atoms with van der Waals surface area (Å²) < 4.78 is 5.14. The van der Waals surface area contributed by atoms with Crippen LogP contribution in [0.15, 0.2) is 42.5 Å². The molecule has 5 heteroatoms. The van der Waals surface area contributed by atoms with Crippen molar-refractivity contribution in [1.29, 1.82) is 0 Å². The number of ether oxygens (including phenoxy) is 1. The number of methoxy groups -OCH3 is 1. The summed E-state index contributed by atoms with van der Waals surface area (Å²) in [6.45, 7) is 1.91. The highest BCUT2D eigenvalue weighted by atomic mass is 32.1. The van der Waals surface area contributed by atoms with Crippen LogP contribution in [0.1, 0.15) is 21.5 Å². The summed E-state index contributed by atoms with van der Waals surface area (Å²) in [6.07, 6.45) is 0. The van der Waals surface area contributed by atoms with Crippen molar-refractivity contribution in [2.75, 3.05) is 12.4 Å². The second-order valence-electron chi connectivity index (χ2n) is 4.58. The predicted molar refractivity (Wildman–Crippen MR) is 88.0 cm³/mol. The fourth-order valence-electron chi connectivity index (χ4n) is 1.91. The Hall–Kier alpha value is -2.40. The first-order valence-electron chi connectivity index (χ1n) is 6.37. The largest absolute Gasteiger partial charge is 0.497 e. The van der Waals surface area contributed by atoms with Crippen molar-refractivity contribution in [1.82, 2.24) is 0 Å². The first kappa shape index (κ1) is 15.0. The highest BCUT2D eigenvalue weighted by molar-refractivity contribution is 7.80. The molecule has 0 unspecified atom stereocenters. The first-order chi connectivity index (χ1) is 10.0. The van der Waals surface area contributed by atoms with Gasteiger partial charge in [-0.05, 0) is 42.8 Å². The fourth-order valence-corrected chi connectivity index (χ4v) is 2.04. The van der Waals surface area contributed by atoms with E-state index in [0.29, 0.717) is 11.1 Å². The fraction of sp³-hybridized carbons (Fsp3) is 0.125. The Morgan fingerprint density at radius 1 is 1.19 bits per heavy atom. The normalized spacial score (nSPS) is 10.0. The van der Waals surface area contributed by atoms with E-state index in [1.165, 1.54) is 0 Å². The Balaban J connectivity index is 2.22. The molecule has 0 saturated carbocycles. The molecule has 3 N–H and O–H groups in total. The van der Waals surface area contributed by atoms with Gasteiger partial charge in [0.05, 0.1) is 7.11 Å². The van der Waals surface area contributed by atoms with Crippen LogP contribution in [0, 0.1) is 6.92 Å². The zero-order valence-electron chi connectivity index (χ0n) is 11.8. The van der Waals surface area contributed by atoms with E-state index in [-0.39, 0.29) is 10.9 Å². The van der Waals surface area contributed by atoms with Crippen LogP contribution in [0.2, 0.25) is 0 Å². The second kappa shape index (κ2) is 6.37. The molecular weight excluding hydrogens is 284 g/mol. The van der Waals surface area contributed by atoms with E-state index in [1.807, 2.05) is 19.1 Å². The molecule has 2 rings (SSSR count). The zero-order valence-corrected chi connectivity index (χ0v) is 12.7. The van der Waals surface area contributed by atoms with Gasteiger partial charge in [0, 0.05) is 16.8 Å². The molecule has 0 bridgehead atoms. The number of aryl methyl sites for hydroxylation is 1. The maximum atomic E-state index is 12.3. The third-order valence-corrected chi connectivity index (χ3v) is 3.33. The molecule has 108 valence electrons. The summed E-state index contributed by atoms with van der Waals surface area (Å²) in [7, 11) is 1.61. The van der Waals surface area contributed by atoms with Crippen molar-refractivity contribution in [2.24, 2.45) is 5.73 Å². The molecule has 0 spiro atoms. The SMILES string of the molecule is COc1ccc(NC(=O)c2cccc(C(N)=S)c2)c(C)c1. The maximum absolute atomic E-state index is 12.3. The molecule has 0 saturated heterocycles. The number of nitrogens with two attached hydrogens (primary N) is 1. The van der Waals surface area contributed by atoms with Gasteiger partial charge in [-0.15, -0.1) is 0 Å². The third kappa shape index (κ3) is 3.58. The average Bonchev–Trinajstić information content (AvgIpc) is 2.49. The predicted octanol–water partition coefficient (Wildman–Crippen LogP) is 2.89. The topological polar surface area (TPSA) is 64.3 Å². The zero-order chi connectivity index (χ0) is 15.4. The van der Waals surface area contributed by atoms with Crippen molar-refractivity contribution in [3.05, 3.63) is 59.2 Å². The molecule has 0 aromatic heterocycles. The summed E-state index contributed by atoms with van der Waals surface area (Å²) >= 11 is 4.92. The van der Waals surface area contributed by atoms with Gasteiger partial charge in [0.15, 0.2) is 0 Å². The molecule has 2 aromatic rings. The summed E-state index contributed by atoms with van der Waals surface area (Å²) in [5, 5.41) is 2.87. The van der Waals surface area contributed by atoms with Gasteiger partial charge < -0.3 is 15.8 Å². The van der Waals surface area contributed by atoms with Crippen molar-refractivity contribution >= 4 is 28.8 Å². The molecule has 21 heavy (non-hydrogen) atoms. The van der Waals surface area contributed by atoms with Crippen LogP contribution in [0.3, 0.4) is 0 Å². The number of carbonyl (C=O) groups excluding carboxylic acids is 1. The lowest BCUT2D eigenvalue weighted by Crippen LogP contribution is -2.15. The van der Waals surface area contributed by atoms with Gasteiger partial charge in [0.25, 0.3) is 5.91 Å². The van der Waals surface area contributed by atoms with E-state index in [0.717, 1.165) is 17.0 Å². The Morgan fingerprint density at radius 3 is 2.52 bits per heavy atom. The van der Waals surface area contributed by atoms with Gasteiger partial charge in [-0.1, -0.05) is 24.4 Å². The molecule has 0 radical (unpaired) electrons. The number of carbonyl (C=O) groups is 1. The number of nitrogens with one attached hydrogen (secondary N) is 1. The Kier molecular flexibility index (Phi) is 4.55. The molecule has 4 nitrogen and oxygen atoms in total. The van der Waals surface area contributed by atoms with E-state index in [2.05, 4.69) is 5.32 Å². The summed E-state index contributed by atoms with van der Waals surface area (Å²) in [6, 6.07) is 12.4. The lowest BCUT2D eigenvalue weighted by Gasteiger charge is -2.10. The van der Waals surface area contributed by atoms with Gasteiger partial charge >= 0.3 is 0 Å². The molecule has 0 aliphatic rings. The lowest BCUT2D eigenvalue weighted by molar-refractivity contribution is 0.102. The monoisotopic (exact) mass is 300 g/mol. The Labute approximate surface area is 128 Å². The first-order valence-corrected chi connectivity index (χ1v) is 6.78. The number of anilines is 1. The van der Waals surface area contributed by atoms with Crippen LogP contribution < -0.4 is 15.8 Å². The lowest BCUT2D eigenvalue weighted by atomic mass is 10.1. The minimum absolute atomic E-state index is 0.207. The Morgan fingerprint density at radius 2 is 1.90 bits per heavy atom. The van der Waals surface area contributed by atoms with Crippen LogP contribution >= 0.6 is 12.2 Å². The minimum Gasteiger partial charge on any atom is -0.497 e. The number of rotatable bonds is 4. The summed E-state index contributed by atoms with van der Waals surface area (Å²) in [4.78, 5) is 12.5. The summed E-state index contributed by atoms with van der Waals surface area (Å²) in [5.74, 6) is 0.544. The van der Waals surface area contributed by atoms with E-state index in [4.69, 9.17) is 22.7 Å². The molecule has 1 amide bonds. The molecule has 0 heterocycles. The van der Waals surface area contributed by atoms with Gasteiger partial charge in [-0.3, -0.25) is 4.79 Å². The maximum Gasteiger partial charge on any atom is 0.255 e. The highest BCUT2D eigenvalue weighted by Crippen LogP contribution is 2.21. The number of thiocarbonyl (C=S) groups is 1. The van der Waals surface area contributed by atoms with Crippen molar-refractivity contribution in [3.63, 3.8) is 0 Å². The van der Waals surface area contributed by atoms with E-state index >= 15 is 0 Å². The quantitative estimate of drug-likeness (QED) is 0.852. The standard InChI is InChI=1S/C16H16N2O2S/c1-10-8-13(20-2)6-7-14(10)18-16(19)12-5-3-4-11(9-12)15(17)21/h3-9H,1-2H3,(H2,17,21)(H,18,19). The minimum atomic E-state index is -0.207. The van der Waals surface area contributed by atoms with Crippen molar-refractivity contribution < 1.29 is 9.53 Å². The third-order valence-electron chi connectivity index (χ3n) is 3.09. The second-order valence-corrected chi connectivity index (χ2v) is 5.02. The van der Waals surface area contributed by atoms with Gasteiger partial charge in [-0.2, -0.15) is 0 Å². The molecule has 0 aliphatic carbocycles. The van der Waals surface area contributed by atoms with Crippen LogP contribution in [-0.4, -0.2) is 18.0 Å². The van der Waals surface area contributed by atoms with Crippen molar-refractivity contribution in [2.45, 2.75) is 6.92 Å². The smallest absolute Gasteiger partial charge is 0.255 e. The molecule has 0 aliphatic heterocycles.